The highest BCUT2D eigenvalue weighted by Gasteiger charge is 2.18. The van der Waals surface area contributed by atoms with Gasteiger partial charge in [-0.15, -0.1) is 0 Å². The van der Waals surface area contributed by atoms with Crippen molar-refractivity contribution in [3.63, 3.8) is 0 Å². The predicted molar refractivity (Wildman–Crippen MR) is 81.4 cm³/mol. The number of para-hydroxylation sites is 1. The van der Waals surface area contributed by atoms with Crippen LogP contribution < -0.4 is 9.62 Å². The van der Waals surface area contributed by atoms with E-state index in [0.717, 1.165) is 30.0 Å². The highest BCUT2D eigenvalue weighted by atomic mass is 32.2. The smallest absolute Gasteiger partial charge is 0.264 e. The van der Waals surface area contributed by atoms with Crippen LogP contribution in [0.15, 0.2) is 59.5 Å². The number of carbonyl (C=O) groups excluding carboxylic acids is 1. The number of nitrogens with zero attached hydrogens (tertiary/aromatic N) is 1. The van der Waals surface area contributed by atoms with Gasteiger partial charge < -0.3 is 4.90 Å². The van der Waals surface area contributed by atoms with E-state index in [-0.39, 0.29) is 11.4 Å². The van der Waals surface area contributed by atoms with E-state index in [1.54, 1.807) is 11.9 Å². The summed E-state index contributed by atoms with van der Waals surface area (Å²) in [7, 11) is -2.32. The fraction of sp³-hybridized carbons (Fsp3) is 0.133. The Morgan fingerprint density at radius 2 is 1.68 bits per heavy atom. The minimum Gasteiger partial charge on any atom is -0.365 e. The number of hydrogen-bond donors (Lipinski definition) is 1. The van der Waals surface area contributed by atoms with Crippen molar-refractivity contribution in [1.29, 1.82) is 0 Å². The second kappa shape index (κ2) is 6.57. The minimum atomic E-state index is -4.00. The Kier molecular flexibility index (Phi) is 4.77. The fourth-order valence-corrected chi connectivity index (χ4v) is 2.82. The fourth-order valence-electron chi connectivity index (χ4n) is 1.84. The van der Waals surface area contributed by atoms with Gasteiger partial charge >= 0.3 is 0 Å². The number of carbonyl (C=O) groups is 1. The van der Waals surface area contributed by atoms with E-state index >= 15 is 0 Å². The molecule has 5 nitrogen and oxygen atoms in total. The molecular weight excluding hydrogens is 307 g/mol. The maximum absolute atomic E-state index is 12.8. The zero-order valence-electron chi connectivity index (χ0n) is 11.9. The van der Waals surface area contributed by atoms with Crippen LogP contribution in [0.3, 0.4) is 0 Å². The molecule has 1 amide bonds. The maximum Gasteiger partial charge on any atom is 0.264 e. The summed E-state index contributed by atoms with van der Waals surface area (Å²) in [5.74, 6) is -1.22. The summed E-state index contributed by atoms with van der Waals surface area (Å²) in [6.45, 7) is -0.121. The van der Waals surface area contributed by atoms with Crippen LogP contribution in [-0.4, -0.2) is 27.9 Å². The van der Waals surface area contributed by atoms with Gasteiger partial charge in [-0.2, -0.15) is 0 Å². The second-order valence-corrected chi connectivity index (χ2v) is 6.36. The minimum absolute atomic E-state index is 0.121. The van der Waals surface area contributed by atoms with Gasteiger partial charge in [0.2, 0.25) is 0 Å². The van der Waals surface area contributed by atoms with Gasteiger partial charge in [0.05, 0.1) is 11.4 Å². The lowest BCUT2D eigenvalue weighted by molar-refractivity contribution is -0.118. The van der Waals surface area contributed by atoms with E-state index in [0.29, 0.717) is 0 Å². The second-order valence-electron chi connectivity index (χ2n) is 4.67. The molecule has 116 valence electrons. The molecule has 1 N–H and O–H groups in total. The first-order chi connectivity index (χ1) is 10.4. The Balaban J connectivity index is 2.03. The summed E-state index contributed by atoms with van der Waals surface area (Å²) < 4.78 is 38.8. The molecule has 22 heavy (non-hydrogen) atoms. The lowest BCUT2D eigenvalue weighted by Crippen LogP contribution is -2.38. The van der Waals surface area contributed by atoms with Crippen molar-refractivity contribution in [2.45, 2.75) is 4.90 Å². The molecule has 0 saturated carbocycles. The monoisotopic (exact) mass is 322 g/mol. The van der Waals surface area contributed by atoms with E-state index in [4.69, 9.17) is 0 Å². The normalized spacial score (nSPS) is 11.0. The molecule has 0 aliphatic carbocycles. The average Bonchev–Trinajstić information content (AvgIpc) is 2.48. The molecule has 0 radical (unpaired) electrons. The summed E-state index contributed by atoms with van der Waals surface area (Å²) in [5, 5.41) is 0. The SMILES string of the molecule is CN(CC(=O)NS(=O)(=O)c1ccc(F)cc1)c1ccccc1. The van der Waals surface area contributed by atoms with Crippen molar-refractivity contribution in [3.8, 4) is 0 Å². The molecule has 2 aromatic rings. The number of amides is 1. The van der Waals surface area contributed by atoms with Gasteiger partial charge in [0.25, 0.3) is 15.9 Å². The highest BCUT2D eigenvalue weighted by molar-refractivity contribution is 7.90. The van der Waals surface area contributed by atoms with Crippen LogP contribution >= 0.6 is 0 Å². The topological polar surface area (TPSA) is 66.5 Å². The summed E-state index contributed by atoms with van der Waals surface area (Å²) in [6, 6.07) is 13.3. The zero-order chi connectivity index (χ0) is 16.2. The van der Waals surface area contributed by atoms with Crippen molar-refractivity contribution in [1.82, 2.24) is 4.72 Å². The molecule has 0 atom stereocenters. The predicted octanol–water partition coefficient (Wildman–Crippen LogP) is 1.77. The van der Waals surface area contributed by atoms with Crippen LogP contribution in [-0.2, 0) is 14.8 Å². The highest BCUT2D eigenvalue weighted by Crippen LogP contribution is 2.12. The van der Waals surface area contributed by atoms with Gasteiger partial charge in [0.1, 0.15) is 5.82 Å². The number of anilines is 1. The van der Waals surface area contributed by atoms with Crippen molar-refractivity contribution in [2.24, 2.45) is 0 Å². The van der Waals surface area contributed by atoms with Crippen LogP contribution in [0, 0.1) is 5.82 Å². The molecule has 0 heterocycles. The van der Waals surface area contributed by atoms with Gasteiger partial charge in [0, 0.05) is 12.7 Å². The Morgan fingerprint density at radius 1 is 1.09 bits per heavy atom. The van der Waals surface area contributed by atoms with Crippen molar-refractivity contribution >= 4 is 21.6 Å². The third-order valence-corrected chi connectivity index (χ3v) is 4.34. The van der Waals surface area contributed by atoms with Crippen LogP contribution in [0.2, 0.25) is 0 Å². The zero-order valence-corrected chi connectivity index (χ0v) is 12.7. The summed E-state index contributed by atoms with van der Waals surface area (Å²) in [5.41, 5.74) is 0.789. The molecule has 0 bridgehead atoms. The largest absolute Gasteiger partial charge is 0.365 e. The number of hydrogen-bond acceptors (Lipinski definition) is 4. The molecule has 7 heteroatoms. The average molecular weight is 322 g/mol. The molecule has 0 saturated heterocycles. The quantitative estimate of drug-likeness (QED) is 0.911. The van der Waals surface area contributed by atoms with Crippen molar-refractivity contribution in [3.05, 3.63) is 60.4 Å². The summed E-state index contributed by atoms with van der Waals surface area (Å²) in [4.78, 5) is 13.3. The lowest BCUT2D eigenvalue weighted by Gasteiger charge is -2.18. The standard InChI is InChI=1S/C15H15FN2O3S/c1-18(13-5-3-2-4-6-13)11-15(19)17-22(20,21)14-9-7-12(16)8-10-14/h2-10H,11H2,1H3,(H,17,19). The molecular formula is C15H15FN2O3S. The number of sulfonamides is 1. The Labute approximate surface area is 128 Å². The number of rotatable bonds is 5. The van der Waals surface area contributed by atoms with E-state index in [2.05, 4.69) is 0 Å². The van der Waals surface area contributed by atoms with Crippen molar-refractivity contribution in [2.75, 3.05) is 18.5 Å². The number of benzene rings is 2. The van der Waals surface area contributed by atoms with Crippen LogP contribution in [0.25, 0.3) is 0 Å². The Hall–Kier alpha value is -2.41. The molecule has 0 unspecified atom stereocenters. The molecule has 0 aromatic heterocycles. The molecule has 0 spiro atoms. The van der Waals surface area contributed by atoms with Crippen molar-refractivity contribution < 1.29 is 17.6 Å². The molecule has 2 aromatic carbocycles. The third-order valence-electron chi connectivity index (χ3n) is 2.95. The van der Waals surface area contributed by atoms with E-state index in [9.17, 15) is 17.6 Å². The molecule has 2 rings (SSSR count). The first-order valence-corrected chi connectivity index (χ1v) is 7.94. The first kappa shape index (κ1) is 16.0. The van der Waals surface area contributed by atoms with Gasteiger partial charge in [-0.3, -0.25) is 4.79 Å². The van der Waals surface area contributed by atoms with Gasteiger partial charge in [0.15, 0.2) is 0 Å². The van der Waals surface area contributed by atoms with Gasteiger partial charge in [-0.05, 0) is 36.4 Å². The van der Waals surface area contributed by atoms with E-state index < -0.39 is 21.7 Å². The number of halogens is 1. The summed E-state index contributed by atoms with van der Waals surface area (Å²) in [6.07, 6.45) is 0. The number of likely N-dealkylation sites (N-methyl/N-ethyl adjacent to an activating group) is 1. The molecule has 0 aliphatic rings. The molecule has 0 aliphatic heterocycles. The van der Waals surface area contributed by atoms with E-state index in [1.165, 1.54) is 0 Å². The Morgan fingerprint density at radius 3 is 2.27 bits per heavy atom. The van der Waals surface area contributed by atoms with Crippen LogP contribution in [0.4, 0.5) is 10.1 Å². The number of nitrogens with one attached hydrogen (secondary N) is 1. The van der Waals surface area contributed by atoms with Crippen LogP contribution in [0.5, 0.6) is 0 Å². The lowest BCUT2D eigenvalue weighted by atomic mass is 10.3. The van der Waals surface area contributed by atoms with Gasteiger partial charge in [-0.1, -0.05) is 18.2 Å². The first-order valence-electron chi connectivity index (χ1n) is 6.46. The van der Waals surface area contributed by atoms with Gasteiger partial charge in [-0.25, -0.2) is 17.5 Å². The third kappa shape index (κ3) is 4.05. The maximum atomic E-state index is 12.8. The van der Waals surface area contributed by atoms with Crippen LogP contribution in [0.1, 0.15) is 0 Å². The molecule has 0 fully saturated rings. The summed E-state index contributed by atoms with van der Waals surface area (Å²) >= 11 is 0. The van der Waals surface area contributed by atoms with E-state index in [1.807, 2.05) is 35.1 Å². The Bertz CT molecular complexity index is 746.